The van der Waals surface area contributed by atoms with Gasteiger partial charge in [-0.2, -0.15) is 0 Å². The van der Waals surface area contributed by atoms with Crippen molar-refractivity contribution in [2.75, 3.05) is 25.3 Å². The second-order valence-electron chi connectivity index (χ2n) is 5.30. The molecule has 0 spiro atoms. The number of carbonyl (C=O) groups is 1. The van der Waals surface area contributed by atoms with Crippen molar-refractivity contribution < 1.29 is 14.3 Å². The Bertz CT molecular complexity index is 699. The topological polar surface area (TPSA) is 73.6 Å². The molecule has 0 heterocycles. The third kappa shape index (κ3) is 4.39. The van der Waals surface area contributed by atoms with Gasteiger partial charge >= 0.3 is 0 Å². The van der Waals surface area contributed by atoms with Gasteiger partial charge in [-0.15, -0.1) is 0 Å². The van der Waals surface area contributed by atoms with Gasteiger partial charge in [-0.25, -0.2) is 0 Å². The summed E-state index contributed by atoms with van der Waals surface area (Å²) in [6.07, 6.45) is 0.908. The van der Waals surface area contributed by atoms with Gasteiger partial charge < -0.3 is 20.5 Å². The van der Waals surface area contributed by atoms with E-state index in [2.05, 4.69) is 5.32 Å². The molecule has 2 aromatic carbocycles. The van der Waals surface area contributed by atoms with E-state index in [1.54, 1.807) is 20.3 Å². The lowest BCUT2D eigenvalue weighted by molar-refractivity contribution is -0.116. The first-order valence-electron chi connectivity index (χ1n) is 7.40. The first-order chi connectivity index (χ1) is 11.0. The van der Waals surface area contributed by atoms with Crippen LogP contribution in [0.25, 0.3) is 0 Å². The highest BCUT2D eigenvalue weighted by Crippen LogP contribution is 2.25. The number of methoxy groups -OCH3 is 2. The molecule has 0 saturated heterocycles. The molecule has 122 valence electrons. The Morgan fingerprint density at radius 3 is 2.61 bits per heavy atom. The summed E-state index contributed by atoms with van der Waals surface area (Å²) < 4.78 is 10.5. The van der Waals surface area contributed by atoms with E-state index in [0.717, 1.165) is 28.3 Å². The first-order valence-corrected chi connectivity index (χ1v) is 7.40. The Hall–Kier alpha value is -2.69. The summed E-state index contributed by atoms with van der Waals surface area (Å²) in [5, 5.41) is 2.90. The molecule has 23 heavy (non-hydrogen) atoms. The second kappa shape index (κ2) is 7.54. The molecule has 0 radical (unpaired) electrons. The van der Waals surface area contributed by atoms with Crippen LogP contribution in [0.2, 0.25) is 0 Å². The lowest BCUT2D eigenvalue weighted by Crippen LogP contribution is -2.13. The summed E-state index contributed by atoms with van der Waals surface area (Å²) in [5.74, 6) is 1.43. The minimum absolute atomic E-state index is 0.0661. The van der Waals surface area contributed by atoms with Crippen LogP contribution >= 0.6 is 0 Å². The van der Waals surface area contributed by atoms with Gasteiger partial charge in [0.25, 0.3) is 0 Å². The molecule has 5 heteroatoms. The number of hydrogen-bond donors (Lipinski definition) is 2. The predicted octanol–water partition coefficient (Wildman–Crippen LogP) is 3.17. The molecular weight excluding hydrogens is 292 g/mol. The van der Waals surface area contributed by atoms with E-state index >= 15 is 0 Å². The van der Waals surface area contributed by atoms with Crippen LogP contribution in [-0.4, -0.2) is 20.1 Å². The third-order valence-electron chi connectivity index (χ3n) is 3.64. The molecule has 0 fully saturated rings. The number of nitrogen functional groups attached to an aromatic ring is 1. The lowest BCUT2D eigenvalue weighted by Gasteiger charge is -2.12. The highest BCUT2D eigenvalue weighted by Gasteiger charge is 2.10. The van der Waals surface area contributed by atoms with E-state index in [4.69, 9.17) is 15.2 Å². The number of carbonyl (C=O) groups excluding carboxylic acids is 1. The Kier molecular flexibility index (Phi) is 5.46. The number of nitrogens with one attached hydrogen (secondary N) is 1. The molecule has 0 aliphatic carbocycles. The molecule has 0 aliphatic rings. The maximum Gasteiger partial charge on any atom is 0.224 e. The Balaban J connectivity index is 2.03. The molecule has 0 aliphatic heterocycles. The summed E-state index contributed by atoms with van der Waals surface area (Å²) >= 11 is 0. The fourth-order valence-corrected chi connectivity index (χ4v) is 2.31. The van der Waals surface area contributed by atoms with E-state index in [1.165, 1.54) is 0 Å². The van der Waals surface area contributed by atoms with E-state index in [1.807, 2.05) is 37.3 Å². The van der Waals surface area contributed by atoms with Gasteiger partial charge in [0.2, 0.25) is 5.91 Å². The average Bonchev–Trinajstić information content (AvgIpc) is 2.56. The van der Waals surface area contributed by atoms with Gasteiger partial charge in [0.05, 0.1) is 14.2 Å². The van der Waals surface area contributed by atoms with Crippen molar-refractivity contribution in [2.24, 2.45) is 0 Å². The number of nitrogens with two attached hydrogens (primary N) is 1. The molecular formula is C18H22N2O3. The average molecular weight is 314 g/mol. The number of hydrogen-bond acceptors (Lipinski definition) is 4. The van der Waals surface area contributed by atoms with Crippen LogP contribution in [0.1, 0.15) is 17.5 Å². The number of amides is 1. The molecule has 0 unspecified atom stereocenters. The smallest absolute Gasteiger partial charge is 0.224 e. The van der Waals surface area contributed by atoms with Gasteiger partial charge in [0.15, 0.2) is 0 Å². The van der Waals surface area contributed by atoms with Crippen molar-refractivity contribution in [2.45, 2.75) is 19.8 Å². The molecule has 1 amide bonds. The number of benzene rings is 2. The lowest BCUT2D eigenvalue weighted by atomic mass is 10.1. The van der Waals surface area contributed by atoms with Crippen LogP contribution in [0.4, 0.5) is 11.4 Å². The standard InChI is InChI=1S/C18H22N2O3/c1-12-4-6-14(19)11-16(12)20-18(21)9-5-13-10-15(22-2)7-8-17(13)23-3/h4,6-8,10-11H,5,9,19H2,1-3H3,(H,20,21). The zero-order valence-corrected chi connectivity index (χ0v) is 13.7. The maximum atomic E-state index is 12.2. The normalized spacial score (nSPS) is 10.2. The van der Waals surface area contributed by atoms with E-state index in [0.29, 0.717) is 18.5 Å². The Labute approximate surface area is 136 Å². The van der Waals surface area contributed by atoms with Crippen LogP contribution in [-0.2, 0) is 11.2 Å². The minimum Gasteiger partial charge on any atom is -0.497 e. The Morgan fingerprint density at radius 1 is 1.13 bits per heavy atom. The van der Waals surface area contributed by atoms with Crippen molar-refractivity contribution in [3.63, 3.8) is 0 Å². The summed E-state index contributed by atoms with van der Waals surface area (Å²) in [7, 11) is 3.22. The van der Waals surface area contributed by atoms with Gasteiger partial charge in [-0.3, -0.25) is 4.79 Å². The van der Waals surface area contributed by atoms with E-state index in [9.17, 15) is 4.79 Å². The van der Waals surface area contributed by atoms with Gasteiger partial charge in [-0.05, 0) is 54.8 Å². The first kappa shape index (κ1) is 16.7. The van der Waals surface area contributed by atoms with Gasteiger partial charge in [0.1, 0.15) is 11.5 Å². The van der Waals surface area contributed by atoms with Crippen LogP contribution in [0.5, 0.6) is 11.5 Å². The quantitative estimate of drug-likeness (QED) is 0.803. The fraction of sp³-hybridized carbons (Fsp3) is 0.278. The number of ether oxygens (including phenoxy) is 2. The summed E-state index contributed by atoms with van der Waals surface area (Å²) in [5.41, 5.74) is 9.04. The van der Waals surface area contributed by atoms with Crippen LogP contribution in [0, 0.1) is 6.92 Å². The number of anilines is 2. The van der Waals surface area contributed by atoms with Crippen molar-refractivity contribution in [1.82, 2.24) is 0 Å². The maximum absolute atomic E-state index is 12.2. The minimum atomic E-state index is -0.0661. The highest BCUT2D eigenvalue weighted by molar-refractivity contribution is 5.92. The number of rotatable bonds is 6. The molecule has 2 rings (SSSR count). The second-order valence-corrected chi connectivity index (χ2v) is 5.30. The zero-order valence-electron chi connectivity index (χ0n) is 13.7. The molecule has 2 aromatic rings. The molecule has 0 aromatic heterocycles. The SMILES string of the molecule is COc1ccc(OC)c(CCC(=O)Nc2cc(N)ccc2C)c1. The van der Waals surface area contributed by atoms with Crippen molar-refractivity contribution >= 4 is 17.3 Å². The molecule has 3 N–H and O–H groups in total. The van der Waals surface area contributed by atoms with E-state index in [-0.39, 0.29) is 5.91 Å². The highest BCUT2D eigenvalue weighted by atomic mass is 16.5. The predicted molar refractivity (Wildman–Crippen MR) is 92.1 cm³/mol. The van der Waals surface area contributed by atoms with E-state index < -0.39 is 0 Å². The number of aryl methyl sites for hydroxylation is 2. The summed E-state index contributed by atoms with van der Waals surface area (Å²) in [6, 6.07) is 11.0. The van der Waals surface area contributed by atoms with Crippen molar-refractivity contribution in [1.29, 1.82) is 0 Å². The summed E-state index contributed by atoms with van der Waals surface area (Å²) in [4.78, 5) is 12.2. The van der Waals surface area contributed by atoms with Gasteiger partial charge in [0, 0.05) is 17.8 Å². The van der Waals surface area contributed by atoms with Gasteiger partial charge in [-0.1, -0.05) is 6.07 Å². The monoisotopic (exact) mass is 314 g/mol. The van der Waals surface area contributed by atoms with Crippen LogP contribution < -0.4 is 20.5 Å². The molecule has 0 atom stereocenters. The summed E-state index contributed by atoms with van der Waals surface area (Å²) in [6.45, 7) is 1.93. The fourth-order valence-electron chi connectivity index (χ4n) is 2.31. The van der Waals surface area contributed by atoms with Crippen molar-refractivity contribution in [3.05, 3.63) is 47.5 Å². The van der Waals surface area contributed by atoms with Crippen molar-refractivity contribution in [3.8, 4) is 11.5 Å². The Morgan fingerprint density at radius 2 is 1.91 bits per heavy atom. The van der Waals surface area contributed by atoms with Crippen LogP contribution in [0.3, 0.4) is 0 Å². The molecule has 0 bridgehead atoms. The third-order valence-corrected chi connectivity index (χ3v) is 3.64. The largest absolute Gasteiger partial charge is 0.497 e. The van der Waals surface area contributed by atoms with Crippen LogP contribution in [0.15, 0.2) is 36.4 Å². The molecule has 5 nitrogen and oxygen atoms in total. The molecule has 0 saturated carbocycles. The zero-order chi connectivity index (χ0) is 16.8.